The van der Waals surface area contributed by atoms with E-state index >= 15 is 0 Å². The third-order valence-electron chi connectivity index (χ3n) is 4.57. The van der Waals surface area contributed by atoms with Gasteiger partial charge < -0.3 is 14.1 Å². The van der Waals surface area contributed by atoms with Crippen LogP contribution in [0, 0.1) is 0 Å². The molecule has 0 spiro atoms. The Bertz CT molecular complexity index is 1010. The molecule has 0 saturated carbocycles. The Balaban J connectivity index is 1.76. The first-order valence-electron chi connectivity index (χ1n) is 9.04. The maximum Gasteiger partial charge on any atom is 0.152 e. The number of aromatic nitrogens is 3. The molecular weight excluding hydrogens is 338 g/mol. The molecule has 0 aliphatic rings. The van der Waals surface area contributed by atoms with E-state index in [9.17, 15) is 5.11 Å². The summed E-state index contributed by atoms with van der Waals surface area (Å²) in [7, 11) is 0. The molecule has 4 rings (SSSR count). The molecule has 1 atom stereocenters. The number of aliphatic hydroxyl groups excluding tert-OH is 1. The summed E-state index contributed by atoms with van der Waals surface area (Å²) < 4.78 is 7.96. The SMILES string of the molecule is CCc1ccc(-c2c(-c3ccccc3)ncn2CC(O)c2cccnc2)o1. The third kappa shape index (κ3) is 3.55. The zero-order valence-electron chi connectivity index (χ0n) is 15.1. The van der Waals surface area contributed by atoms with E-state index in [0.717, 1.165) is 40.5 Å². The van der Waals surface area contributed by atoms with E-state index in [0.29, 0.717) is 6.54 Å². The molecular formula is C22H21N3O2. The molecule has 136 valence electrons. The van der Waals surface area contributed by atoms with Crippen LogP contribution in [0.3, 0.4) is 0 Å². The predicted octanol–water partition coefficient (Wildman–Crippen LogP) is 4.50. The van der Waals surface area contributed by atoms with Crippen LogP contribution in [-0.2, 0) is 13.0 Å². The minimum Gasteiger partial charge on any atom is -0.459 e. The average molecular weight is 359 g/mol. The van der Waals surface area contributed by atoms with Crippen LogP contribution in [0.25, 0.3) is 22.7 Å². The van der Waals surface area contributed by atoms with Crippen molar-refractivity contribution >= 4 is 0 Å². The van der Waals surface area contributed by atoms with Gasteiger partial charge in [0.15, 0.2) is 5.76 Å². The van der Waals surface area contributed by atoms with Gasteiger partial charge >= 0.3 is 0 Å². The first kappa shape index (κ1) is 17.2. The highest BCUT2D eigenvalue weighted by Gasteiger charge is 2.20. The molecule has 1 aromatic carbocycles. The van der Waals surface area contributed by atoms with Crippen LogP contribution in [0.15, 0.2) is 77.7 Å². The van der Waals surface area contributed by atoms with Crippen molar-refractivity contribution in [3.63, 3.8) is 0 Å². The maximum atomic E-state index is 10.7. The van der Waals surface area contributed by atoms with Crippen molar-refractivity contribution < 1.29 is 9.52 Å². The summed E-state index contributed by atoms with van der Waals surface area (Å²) in [5, 5.41) is 10.7. The highest BCUT2D eigenvalue weighted by Crippen LogP contribution is 2.33. The van der Waals surface area contributed by atoms with Gasteiger partial charge in [-0.2, -0.15) is 0 Å². The van der Waals surface area contributed by atoms with Gasteiger partial charge in [0.2, 0.25) is 0 Å². The molecule has 3 heterocycles. The van der Waals surface area contributed by atoms with Gasteiger partial charge in [0.05, 0.1) is 24.7 Å². The van der Waals surface area contributed by atoms with Crippen molar-refractivity contribution in [1.82, 2.24) is 14.5 Å². The van der Waals surface area contributed by atoms with Gasteiger partial charge in [-0.1, -0.05) is 43.3 Å². The molecule has 1 unspecified atom stereocenters. The van der Waals surface area contributed by atoms with Crippen LogP contribution >= 0.6 is 0 Å². The molecule has 3 aromatic heterocycles. The lowest BCUT2D eigenvalue weighted by atomic mass is 10.1. The van der Waals surface area contributed by atoms with Crippen LogP contribution in [0.5, 0.6) is 0 Å². The summed E-state index contributed by atoms with van der Waals surface area (Å²) in [4.78, 5) is 8.71. The van der Waals surface area contributed by atoms with E-state index in [1.165, 1.54) is 0 Å². The van der Waals surface area contributed by atoms with Gasteiger partial charge in [0.1, 0.15) is 11.5 Å². The molecule has 5 heteroatoms. The second kappa shape index (κ2) is 7.60. The van der Waals surface area contributed by atoms with Gasteiger partial charge in [0.25, 0.3) is 0 Å². The van der Waals surface area contributed by atoms with Crippen molar-refractivity contribution in [1.29, 1.82) is 0 Å². The molecule has 0 radical (unpaired) electrons. The lowest BCUT2D eigenvalue weighted by Gasteiger charge is -2.14. The quantitative estimate of drug-likeness (QED) is 0.550. The van der Waals surface area contributed by atoms with Crippen molar-refractivity contribution in [2.45, 2.75) is 26.0 Å². The summed E-state index contributed by atoms with van der Waals surface area (Å²) in [6.45, 7) is 2.42. The molecule has 5 nitrogen and oxygen atoms in total. The largest absolute Gasteiger partial charge is 0.459 e. The normalized spacial score (nSPS) is 12.2. The van der Waals surface area contributed by atoms with Gasteiger partial charge in [-0.15, -0.1) is 0 Å². The lowest BCUT2D eigenvalue weighted by Crippen LogP contribution is -2.09. The second-order valence-electron chi connectivity index (χ2n) is 6.38. The fraction of sp³-hybridized carbons (Fsp3) is 0.182. The molecule has 0 fully saturated rings. The summed E-state index contributed by atoms with van der Waals surface area (Å²) in [6.07, 6.45) is 5.28. The minimum absolute atomic E-state index is 0.364. The Hall–Kier alpha value is -3.18. The summed E-state index contributed by atoms with van der Waals surface area (Å²) in [6, 6.07) is 17.7. The van der Waals surface area contributed by atoms with Crippen LogP contribution in [-0.4, -0.2) is 19.6 Å². The summed E-state index contributed by atoms with van der Waals surface area (Å²) >= 11 is 0. The van der Waals surface area contributed by atoms with E-state index in [4.69, 9.17) is 4.42 Å². The Labute approximate surface area is 158 Å². The number of rotatable bonds is 6. The molecule has 0 bridgehead atoms. The molecule has 0 saturated heterocycles. The van der Waals surface area contributed by atoms with Crippen molar-refractivity contribution in [2.24, 2.45) is 0 Å². The number of aliphatic hydroxyl groups is 1. The van der Waals surface area contributed by atoms with Crippen molar-refractivity contribution in [3.05, 3.63) is 84.6 Å². The average Bonchev–Trinajstić information content (AvgIpc) is 3.36. The Kier molecular flexibility index (Phi) is 4.85. The van der Waals surface area contributed by atoms with E-state index < -0.39 is 6.10 Å². The number of furan rings is 1. The van der Waals surface area contributed by atoms with Crippen LogP contribution in [0.2, 0.25) is 0 Å². The third-order valence-corrected chi connectivity index (χ3v) is 4.57. The lowest BCUT2D eigenvalue weighted by molar-refractivity contribution is 0.156. The number of pyridine rings is 1. The Morgan fingerprint density at radius 2 is 1.93 bits per heavy atom. The van der Waals surface area contributed by atoms with Gasteiger partial charge in [0, 0.05) is 29.9 Å². The number of imidazole rings is 1. The second-order valence-corrected chi connectivity index (χ2v) is 6.38. The van der Waals surface area contributed by atoms with E-state index in [-0.39, 0.29) is 0 Å². The molecule has 4 aromatic rings. The topological polar surface area (TPSA) is 64.1 Å². The highest BCUT2D eigenvalue weighted by molar-refractivity contribution is 5.76. The fourth-order valence-corrected chi connectivity index (χ4v) is 3.15. The molecule has 0 aliphatic heterocycles. The predicted molar refractivity (Wildman–Crippen MR) is 104 cm³/mol. The summed E-state index contributed by atoms with van der Waals surface area (Å²) in [5.41, 5.74) is 3.48. The van der Waals surface area contributed by atoms with E-state index in [1.54, 1.807) is 18.7 Å². The first-order chi connectivity index (χ1) is 13.3. The molecule has 27 heavy (non-hydrogen) atoms. The maximum absolute atomic E-state index is 10.7. The number of hydrogen-bond acceptors (Lipinski definition) is 4. The van der Waals surface area contributed by atoms with Crippen molar-refractivity contribution in [2.75, 3.05) is 0 Å². The van der Waals surface area contributed by atoms with Gasteiger partial charge in [-0.05, 0) is 18.2 Å². The summed E-state index contributed by atoms with van der Waals surface area (Å²) in [5.74, 6) is 1.67. The van der Waals surface area contributed by atoms with Gasteiger partial charge in [-0.3, -0.25) is 4.98 Å². The van der Waals surface area contributed by atoms with Crippen molar-refractivity contribution in [3.8, 4) is 22.7 Å². The van der Waals surface area contributed by atoms with Gasteiger partial charge in [-0.25, -0.2) is 4.98 Å². The smallest absolute Gasteiger partial charge is 0.152 e. The van der Waals surface area contributed by atoms with Crippen LogP contribution in [0.4, 0.5) is 0 Å². The van der Waals surface area contributed by atoms with E-state index in [1.807, 2.05) is 59.2 Å². The Morgan fingerprint density at radius 3 is 2.63 bits per heavy atom. The Morgan fingerprint density at radius 1 is 1.07 bits per heavy atom. The molecule has 0 amide bonds. The zero-order chi connectivity index (χ0) is 18.6. The first-order valence-corrected chi connectivity index (χ1v) is 9.04. The van der Waals surface area contributed by atoms with Crippen LogP contribution < -0.4 is 0 Å². The fourth-order valence-electron chi connectivity index (χ4n) is 3.15. The standard InChI is InChI=1S/C22H21N3O2/c1-2-18-10-11-20(27-18)22-21(16-7-4-3-5-8-16)24-15-25(22)14-19(26)17-9-6-12-23-13-17/h3-13,15,19,26H,2,14H2,1H3. The van der Waals surface area contributed by atoms with E-state index in [2.05, 4.69) is 16.9 Å². The number of nitrogens with zero attached hydrogens (tertiary/aromatic N) is 3. The van der Waals surface area contributed by atoms with Crippen LogP contribution in [0.1, 0.15) is 24.4 Å². The molecule has 1 N–H and O–H groups in total. The minimum atomic E-state index is -0.684. The molecule has 0 aliphatic carbocycles. The number of hydrogen-bond donors (Lipinski definition) is 1. The number of benzene rings is 1. The zero-order valence-corrected chi connectivity index (χ0v) is 15.1. The number of aryl methyl sites for hydroxylation is 1. The highest BCUT2D eigenvalue weighted by atomic mass is 16.3. The monoisotopic (exact) mass is 359 g/mol.